The molecule has 0 spiro atoms. The zero-order valence-corrected chi connectivity index (χ0v) is 12.2. The molecule has 0 aromatic heterocycles. The second-order valence-corrected chi connectivity index (χ2v) is 6.02. The minimum Gasteiger partial charge on any atom is -0.493 e. The Labute approximate surface area is 124 Å². The van der Waals surface area contributed by atoms with Crippen LogP contribution >= 0.6 is 0 Å². The van der Waals surface area contributed by atoms with Crippen LogP contribution in [-0.2, 0) is 12.8 Å². The lowest BCUT2D eigenvalue weighted by molar-refractivity contribution is 0.126. The first kappa shape index (κ1) is 14.1. The molecule has 2 aromatic carbocycles. The normalized spacial score (nSPS) is 20.7. The van der Waals surface area contributed by atoms with Crippen molar-refractivity contribution in [3.8, 4) is 5.75 Å². The topological polar surface area (TPSA) is 35.2 Å². The lowest BCUT2D eigenvalue weighted by Gasteiger charge is -2.37. The van der Waals surface area contributed by atoms with Gasteiger partial charge in [0.25, 0.3) is 0 Å². The van der Waals surface area contributed by atoms with E-state index in [1.165, 1.54) is 11.6 Å². The van der Waals surface area contributed by atoms with Gasteiger partial charge < -0.3 is 10.5 Å². The van der Waals surface area contributed by atoms with Gasteiger partial charge in [0.2, 0.25) is 0 Å². The Balaban J connectivity index is 1.90. The molecule has 110 valence electrons. The third-order valence-corrected chi connectivity index (χ3v) is 4.38. The molecule has 1 aliphatic rings. The van der Waals surface area contributed by atoms with Crippen molar-refractivity contribution in [2.24, 2.45) is 11.1 Å². The highest BCUT2D eigenvalue weighted by Crippen LogP contribution is 2.36. The highest BCUT2D eigenvalue weighted by atomic mass is 19.1. The van der Waals surface area contributed by atoms with E-state index >= 15 is 0 Å². The molecule has 0 saturated carbocycles. The first-order valence-corrected chi connectivity index (χ1v) is 7.28. The molecule has 2 aromatic rings. The lowest BCUT2D eigenvalue weighted by Crippen LogP contribution is -2.43. The number of hydrogen-bond donors (Lipinski definition) is 1. The van der Waals surface area contributed by atoms with Crippen LogP contribution in [0, 0.1) is 18.2 Å². The molecule has 2 nitrogen and oxygen atoms in total. The summed E-state index contributed by atoms with van der Waals surface area (Å²) in [5, 5.41) is 0. The maximum atomic E-state index is 13.5. The molecule has 3 heteroatoms. The standard InChI is InChI=1S/C18H20FNO/c1-13-6-7-16(19)8-15(13)10-18(11-20)9-14-4-2-3-5-17(14)21-12-18/h2-8H,9-12,20H2,1H3. The van der Waals surface area contributed by atoms with Gasteiger partial charge in [-0.1, -0.05) is 24.3 Å². The number of halogens is 1. The monoisotopic (exact) mass is 285 g/mol. The minimum absolute atomic E-state index is 0.160. The van der Waals surface area contributed by atoms with Gasteiger partial charge in [0, 0.05) is 12.0 Å². The summed E-state index contributed by atoms with van der Waals surface area (Å²) < 4.78 is 19.4. The second kappa shape index (κ2) is 5.49. The van der Waals surface area contributed by atoms with Crippen LogP contribution in [0.1, 0.15) is 16.7 Å². The van der Waals surface area contributed by atoms with Crippen molar-refractivity contribution >= 4 is 0 Å². The average molecular weight is 285 g/mol. The zero-order valence-electron chi connectivity index (χ0n) is 12.2. The van der Waals surface area contributed by atoms with Gasteiger partial charge in [-0.2, -0.15) is 0 Å². The predicted molar refractivity (Wildman–Crippen MR) is 82.0 cm³/mol. The van der Waals surface area contributed by atoms with Crippen LogP contribution in [0.25, 0.3) is 0 Å². The van der Waals surface area contributed by atoms with Crippen molar-refractivity contribution in [2.45, 2.75) is 19.8 Å². The van der Waals surface area contributed by atoms with Crippen molar-refractivity contribution in [1.29, 1.82) is 0 Å². The van der Waals surface area contributed by atoms with Crippen LogP contribution in [0.5, 0.6) is 5.75 Å². The molecule has 0 aliphatic carbocycles. The van der Waals surface area contributed by atoms with Gasteiger partial charge in [-0.05, 0) is 54.7 Å². The fourth-order valence-corrected chi connectivity index (χ4v) is 3.03. The summed E-state index contributed by atoms with van der Waals surface area (Å²) in [5.74, 6) is 0.748. The quantitative estimate of drug-likeness (QED) is 0.939. The molecule has 1 atom stereocenters. The average Bonchev–Trinajstić information content (AvgIpc) is 2.51. The largest absolute Gasteiger partial charge is 0.493 e. The Bertz CT molecular complexity index is 655. The Hall–Kier alpha value is -1.87. The van der Waals surface area contributed by atoms with Crippen LogP contribution in [0.3, 0.4) is 0 Å². The molecule has 0 saturated heterocycles. The number of aryl methyl sites for hydroxylation is 1. The number of benzene rings is 2. The van der Waals surface area contributed by atoms with Gasteiger partial charge in [-0.25, -0.2) is 4.39 Å². The van der Waals surface area contributed by atoms with Gasteiger partial charge in [0.05, 0.1) is 6.61 Å². The number of para-hydroxylation sites is 1. The number of rotatable bonds is 3. The van der Waals surface area contributed by atoms with Crippen LogP contribution in [0.2, 0.25) is 0 Å². The Kier molecular flexibility index (Phi) is 3.68. The van der Waals surface area contributed by atoms with Gasteiger partial charge in [-0.15, -0.1) is 0 Å². The fourth-order valence-electron chi connectivity index (χ4n) is 3.03. The Morgan fingerprint density at radius 3 is 2.86 bits per heavy atom. The molecule has 0 amide bonds. The van der Waals surface area contributed by atoms with E-state index in [9.17, 15) is 4.39 Å². The van der Waals surface area contributed by atoms with Crippen molar-refractivity contribution in [2.75, 3.05) is 13.2 Å². The third-order valence-electron chi connectivity index (χ3n) is 4.38. The SMILES string of the molecule is Cc1ccc(F)cc1CC1(CN)COc2ccccc2C1. The lowest BCUT2D eigenvalue weighted by atomic mass is 9.75. The smallest absolute Gasteiger partial charge is 0.123 e. The highest BCUT2D eigenvalue weighted by molar-refractivity contribution is 5.37. The fraction of sp³-hybridized carbons (Fsp3) is 0.333. The molecule has 1 heterocycles. The summed E-state index contributed by atoms with van der Waals surface area (Å²) in [7, 11) is 0. The third kappa shape index (κ3) is 2.79. The summed E-state index contributed by atoms with van der Waals surface area (Å²) in [6, 6.07) is 13.0. The van der Waals surface area contributed by atoms with E-state index in [4.69, 9.17) is 10.5 Å². The van der Waals surface area contributed by atoms with E-state index < -0.39 is 0 Å². The van der Waals surface area contributed by atoms with Gasteiger partial charge in [0.15, 0.2) is 0 Å². The molecular weight excluding hydrogens is 265 g/mol. The van der Waals surface area contributed by atoms with E-state index in [1.807, 2.05) is 31.2 Å². The number of hydrogen-bond acceptors (Lipinski definition) is 2. The summed E-state index contributed by atoms with van der Waals surface area (Å²) in [5.41, 5.74) is 9.20. The van der Waals surface area contributed by atoms with Gasteiger partial charge in [0.1, 0.15) is 11.6 Å². The van der Waals surface area contributed by atoms with Gasteiger partial charge >= 0.3 is 0 Å². The summed E-state index contributed by atoms with van der Waals surface area (Å²) in [6.07, 6.45) is 1.61. The van der Waals surface area contributed by atoms with Crippen molar-refractivity contribution in [1.82, 2.24) is 0 Å². The molecule has 2 N–H and O–H groups in total. The molecular formula is C18H20FNO. The Morgan fingerprint density at radius 2 is 2.05 bits per heavy atom. The molecule has 0 fully saturated rings. The first-order valence-electron chi connectivity index (χ1n) is 7.28. The zero-order chi connectivity index (χ0) is 14.9. The summed E-state index contributed by atoms with van der Waals surface area (Å²) in [6.45, 7) is 3.12. The number of fused-ring (bicyclic) bond motifs is 1. The van der Waals surface area contributed by atoms with Crippen molar-refractivity contribution in [3.63, 3.8) is 0 Å². The highest BCUT2D eigenvalue weighted by Gasteiger charge is 2.35. The van der Waals surface area contributed by atoms with Gasteiger partial charge in [-0.3, -0.25) is 0 Å². The van der Waals surface area contributed by atoms with E-state index in [0.29, 0.717) is 13.2 Å². The summed E-state index contributed by atoms with van der Waals surface area (Å²) in [4.78, 5) is 0. The van der Waals surface area contributed by atoms with Crippen LogP contribution in [0.15, 0.2) is 42.5 Å². The van der Waals surface area contributed by atoms with E-state index in [2.05, 4.69) is 6.07 Å². The maximum absolute atomic E-state index is 13.5. The van der Waals surface area contributed by atoms with Crippen LogP contribution in [0.4, 0.5) is 4.39 Å². The number of nitrogens with two attached hydrogens (primary N) is 1. The molecule has 1 unspecified atom stereocenters. The molecule has 0 radical (unpaired) electrons. The summed E-state index contributed by atoms with van der Waals surface area (Å²) >= 11 is 0. The van der Waals surface area contributed by atoms with Crippen molar-refractivity contribution in [3.05, 3.63) is 65.0 Å². The van der Waals surface area contributed by atoms with E-state index in [0.717, 1.165) is 29.7 Å². The van der Waals surface area contributed by atoms with E-state index in [1.54, 1.807) is 6.07 Å². The molecule has 1 aliphatic heterocycles. The molecule has 0 bridgehead atoms. The Morgan fingerprint density at radius 1 is 1.24 bits per heavy atom. The second-order valence-electron chi connectivity index (χ2n) is 6.02. The first-order chi connectivity index (χ1) is 10.1. The predicted octanol–water partition coefficient (Wildman–Crippen LogP) is 3.26. The van der Waals surface area contributed by atoms with Crippen LogP contribution in [-0.4, -0.2) is 13.2 Å². The number of ether oxygens (including phenoxy) is 1. The van der Waals surface area contributed by atoms with E-state index in [-0.39, 0.29) is 11.2 Å². The molecule has 3 rings (SSSR count). The molecule has 21 heavy (non-hydrogen) atoms. The van der Waals surface area contributed by atoms with Crippen molar-refractivity contribution < 1.29 is 9.13 Å². The maximum Gasteiger partial charge on any atom is 0.123 e. The van der Waals surface area contributed by atoms with Crippen LogP contribution < -0.4 is 10.5 Å². The minimum atomic E-state index is -0.195.